The van der Waals surface area contributed by atoms with Gasteiger partial charge in [0.05, 0.1) is 11.0 Å². The van der Waals surface area contributed by atoms with E-state index in [0.717, 1.165) is 42.8 Å². The van der Waals surface area contributed by atoms with Crippen molar-refractivity contribution in [3.8, 4) is 0 Å². The third-order valence-electron chi connectivity index (χ3n) is 3.76. The summed E-state index contributed by atoms with van der Waals surface area (Å²) in [6.07, 6.45) is 0. The maximum Gasteiger partial charge on any atom is 0.289 e. The minimum atomic E-state index is -0.0388. The van der Waals surface area contributed by atoms with Crippen LogP contribution >= 0.6 is 11.6 Å². The molecule has 1 aromatic heterocycles. The zero-order valence-corrected chi connectivity index (χ0v) is 12.4. The van der Waals surface area contributed by atoms with E-state index in [2.05, 4.69) is 21.9 Å². The summed E-state index contributed by atoms with van der Waals surface area (Å²) in [5.74, 6) is 0.356. The second kappa shape index (κ2) is 5.07. The molecule has 1 fully saturated rings. The van der Waals surface area contributed by atoms with Crippen LogP contribution in [0.4, 0.5) is 0 Å². The van der Waals surface area contributed by atoms with E-state index in [1.807, 2.05) is 24.0 Å². The van der Waals surface area contributed by atoms with Gasteiger partial charge in [-0.2, -0.15) is 0 Å². The number of nitrogens with one attached hydrogen (secondary N) is 1. The van der Waals surface area contributed by atoms with E-state index >= 15 is 0 Å². The Morgan fingerprint density at radius 2 is 2.00 bits per heavy atom. The number of H-pyrrole nitrogens is 1. The van der Waals surface area contributed by atoms with Gasteiger partial charge in [-0.15, -0.1) is 0 Å². The molecule has 1 aromatic carbocycles. The summed E-state index contributed by atoms with van der Waals surface area (Å²) in [4.78, 5) is 23.9. The van der Waals surface area contributed by atoms with Gasteiger partial charge < -0.3 is 14.8 Å². The number of halogens is 1. The number of amides is 1. The minimum absolute atomic E-state index is 0.0388. The molecule has 6 heteroatoms. The second-order valence-electron chi connectivity index (χ2n) is 5.30. The monoisotopic (exact) mass is 292 g/mol. The van der Waals surface area contributed by atoms with E-state index in [1.165, 1.54) is 0 Å². The Kier molecular flexibility index (Phi) is 3.40. The lowest BCUT2D eigenvalue weighted by Gasteiger charge is -2.31. The third kappa shape index (κ3) is 2.39. The molecular formula is C14H17ClN4O. The number of hydrogen-bond acceptors (Lipinski definition) is 3. The number of carbonyl (C=O) groups is 1. The van der Waals surface area contributed by atoms with Gasteiger partial charge in [-0.3, -0.25) is 4.79 Å². The van der Waals surface area contributed by atoms with Gasteiger partial charge >= 0.3 is 0 Å². The Hall–Kier alpha value is -1.59. The molecule has 5 nitrogen and oxygen atoms in total. The molecule has 1 aliphatic rings. The summed E-state index contributed by atoms with van der Waals surface area (Å²) in [5, 5.41) is 0.680. The first-order valence-electron chi connectivity index (χ1n) is 6.68. The van der Waals surface area contributed by atoms with Gasteiger partial charge in [-0.05, 0) is 31.7 Å². The number of benzene rings is 1. The molecule has 106 valence electrons. The number of aryl methyl sites for hydroxylation is 1. The fourth-order valence-corrected chi connectivity index (χ4v) is 2.56. The van der Waals surface area contributed by atoms with Gasteiger partial charge in [-0.25, -0.2) is 4.98 Å². The average Bonchev–Trinajstić information content (AvgIpc) is 2.82. The Labute approximate surface area is 122 Å². The van der Waals surface area contributed by atoms with Crippen LogP contribution in [0.5, 0.6) is 0 Å². The highest BCUT2D eigenvalue weighted by Crippen LogP contribution is 2.22. The molecule has 2 heterocycles. The van der Waals surface area contributed by atoms with Crippen LogP contribution in [0.15, 0.2) is 12.1 Å². The maximum atomic E-state index is 12.4. The number of hydrogen-bond donors (Lipinski definition) is 1. The maximum absolute atomic E-state index is 12.4. The molecule has 1 saturated heterocycles. The molecular weight excluding hydrogens is 276 g/mol. The first-order chi connectivity index (χ1) is 9.54. The summed E-state index contributed by atoms with van der Waals surface area (Å²) < 4.78 is 0. The third-order valence-corrected chi connectivity index (χ3v) is 4.16. The Morgan fingerprint density at radius 3 is 2.70 bits per heavy atom. The van der Waals surface area contributed by atoms with Crippen LogP contribution < -0.4 is 0 Å². The fraction of sp³-hybridized carbons (Fsp3) is 0.429. The molecule has 20 heavy (non-hydrogen) atoms. The van der Waals surface area contributed by atoms with Crippen LogP contribution in [0.25, 0.3) is 11.0 Å². The van der Waals surface area contributed by atoms with Crippen molar-refractivity contribution in [2.75, 3.05) is 33.2 Å². The van der Waals surface area contributed by atoms with Crippen LogP contribution in [0, 0.1) is 6.92 Å². The first kappa shape index (κ1) is 13.4. The highest BCUT2D eigenvalue weighted by atomic mass is 35.5. The van der Waals surface area contributed by atoms with Crippen molar-refractivity contribution in [3.05, 3.63) is 28.5 Å². The normalized spacial score (nSPS) is 16.9. The Bertz CT molecular complexity index is 619. The van der Waals surface area contributed by atoms with Gasteiger partial charge in [0, 0.05) is 31.2 Å². The van der Waals surface area contributed by atoms with E-state index in [0.29, 0.717) is 10.8 Å². The molecule has 0 radical (unpaired) electrons. The molecule has 2 aromatic rings. The van der Waals surface area contributed by atoms with Crippen molar-refractivity contribution in [1.82, 2.24) is 19.8 Å². The summed E-state index contributed by atoms with van der Waals surface area (Å²) in [5.41, 5.74) is 2.55. The highest BCUT2D eigenvalue weighted by Gasteiger charge is 2.22. The molecule has 3 rings (SSSR count). The first-order valence-corrected chi connectivity index (χ1v) is 7.06. The summed E-state index contributed by atoms with van der Waals surface area (Å²) in [6.45, 7) is 5.21. The Morgan fingerprint density at radius 1 is 1.30 bits per heavy atom. The van der Waals surface area contributed by atoms with Crippen molar-refractivity contribution < 1.29 is 4.79 Å². The van der Waals surface area contributed by atoms with Gasteiger partial charge in [0.15, 0.2) is 5.82 Å². The average molecular weight is 293 g/mol. The van der Waals surface area contributed by atoms with Gasteiger partial charge in [0.25, 0.3) is 5.91 Å². The van der Waals surface area contributed by atoms with Crippen molar-refractivity contribution in [3.63, 3.8) is 0 Å². The van der Waals surface area contributed by atoms with E-state index in [9.17, 15) is 4.79 Å². The highest BCUT2D eigenvalue weighted by molar-refractivity contribution is 6.32. The van der Waals surface area contributed by atoms with E-state index in [1.54, 1.807) is 0 Å². The SMILES string of the molecule is Cc1cc2nc(C(=O)N3CCN(C)CC3)[nH]c2cc1Cl. The van der Waals surface area contributed by atoms with E-state index in [-0.39, 0.29) is 5.91 Å². The fourth-order valence-electron chi connectivity index (χ4n) is 2.40. The molecule has 0 unspecified atom stereocenters. The van der Waals surface area contributed by atoms with E-state index < -0.39 is 0 Å². The number of imidazole rings is 1. The molecule has 0 spiro atoms. The molecule has 0 bridgehead atoms. The zero-order valence-electron chi connectivity index (χ0n) is 11.6. The molecule has 1 aliphatic heterocycles. The second-order valence-corrected chi connectivity index (χ2v) is 5.71. The number of fused-ring (bicyclic) bond motifs is 1. The van der Waals surface area contributed by atoms with Gasteiger partial charge in [-0.1, -0.05) is 11.6 Å². The number of aromatic nitrogens is 2. The topological polar surface area (TPSA) is 52.2 Å². The number of likely N-dealkylation sites (N-methyl/N-ethyl adjacent to an activating group) is 1. The van der Waals surface area contributed by atoms with Crippen LogP contribution in [-0.4, -0.2) is 58.9 Å². The molecule has 0 saturated carbocycles. The lowest BCUT2D eigenvalue weighted by molar-refractivity contribution is 0.0653. The lowest BCUT2D eigenvalue weighted by Crippen LogP contribution is -2.47. The molecule has 1 amide bonds. The zero-order chi connectivity index (χ0) is 14.3. The van der Waals surface area contributed by atoms with Crippen molar-refractivity contribution in [1.29, 1.82) is 0 Å². The standard InChI is InChI=1S/C14H17ClN4O/c1-9-7-11-12(8-10(9)15)17-13(16-11)14(20)19-5-3-18(2)4-6-19/h7-8H,3-6H2,1-2H3,(H,16,17). The smallest absolute Gasteiger partial charge is 0.289 e. The van der Waals surface area contributed by atoms with Crippen LogP contribution in [-0.2, 0) is 0 Å². The van der Waals surface area contributed by atoms with Crippen LogP contribution in [0.3, 0.4) is 0 Å². The van der Waals surface area contributed by atoms with Crippen molar-refractivity contribution in [2.45, 2.75) is 6.92 Å². The number of nitrogens with zero attached hydrogens (tertiary/aromatic N) is 3. The van der Waals surface area contributed by atoms with E-state index in [4.69, 9.17) is 11.6 Å². The molecule has 1 N–H and O–H groups in total. The number of piperazine rings is 1. The summed E-state index contributed by atoms with van der Waals surface area (Å²) in [6, 6.07) is 3.72. The molecule has 0 aliphatic carbocycles. The number of rotatable bonds is 1. The van der Waals surface area contributed by atoms with Crippen molar-refractivity contribution >= 4 is 28.5 Å². The van der Waals surface area contributed by atoms with Crippen LogP contribution in [0.2, 0.25) is 5.02 Å². The number of aromatic amines is 1. The van der Waals surface area contributed by atoms with Crippen LogP contribution in [0.1, 0.15) is 16.2 Å². The predicted molar refractivity (Wildman–Crippen MR) is 79.2 cm³/mol. The quantitative estimate of drug-likeness (QED) is 0.873. The predicted octanol–water partition coefficient (Wildman–Crippen LogP) is 1.91. The minimum Gasteiger partial charge on any atom is -0.334 e. The lowest BCUT2D eigenvalue weighted by atomic mass is 10.2. The number of carbonyl (C=O) groups excluding carboxylic acids is 1. The van der Waals surface area contributed by atoms with Gasteiger partial charge in [0.1, 0.15) is 0 Å². The summed E-state index contributed by atoms with van der Waals surface area (Å²) in [7, 11) is 2.06. The van der Waals surface area contributed by atoms with Crippen molar-refractivity contribution in [2.24, 2.45) is 0 Å². The largest absolute Gasteiger partial charge is 0.334 e. The Balaban J connectivity index is 1.88. The van der Waals surface area contributed by atoms with Gasteiger partial charge in [0.2, 0.25) is 0 Å². The molecule has 0 atom stereocenters. The summed E-state index contributed by atoms with van der Waals surface area (Å²) >= 11 is 6.09.